The summed E-state index contributed by atoms with van der Waals surface area (Å²) in [5.74, 6) is 0.330. The van der Waals surface area contributed by atoms with Crippen molar-refractivity contribution >= 4 is 12.2 Å². The number of rotatable bonds is 2. The van der Waals surface area contributed by atoms with Crippen molar-refractivity contribution in [3.8, 4) is 0 Å². The molecule has 0 saturated carbocycles. The molecule has 0 saturated heterocycles. The molecular formula is C5H11N3O. The zero-order valence-corrected chi connectivity index (χ0v) is 5.59. The lowest BCUT2D eigenvalue weighted by molar-refractivity contribution is 0.249. The zero-order chi connectivity index (χ0) is 7.28. The van der Waals surface area contributed by atoms with Gasteiger partial charge in [-0.05, 0) is 5.92 Å². The third-order valence-electron chi connectivity index (χ3n) is 0.547. The molecule has 3 N–H and O–H groups in total. The van der Waals surface area contributed by atoms with Crippen molar-refractivity contribution in [2.24, 2.45) is 16.8 Å². The van der Waals surface area contributed by atoms with Crippen LogP contribution in [0.2, 0.25) is 0 Å². The Hall–Kier alpha value is -1.06. The summed E-state index contributed by atoms with van der Waals surface area (Å²) in [5.41, 5.74) is 6.80. The fraction of sp³-hybridized carbons (Fsp3) is 0.600. The molecule has 52 valence electrons. The molecule has 0 atom stereocenters. The van der Waals surface area contributed by atoms with Crippen molar-refractivity contribution < 1.29 is 4.79 Å². The summed E-state index contributed by atoms with van der Waals surface area (Å²) in [6.45, 7) is 3.90. The highest BCUT2D eigenvalue weighted by molar-refractivity contribution is 5.72. The van der Waals surface area contributed by atoms with Crippen molar-refractivity contribution in [2.45, 2.75) is 13.8 Å². The van der Waals surface area contributed by atoms with Crippen LogP contribution in [0.5, 0.6) is 0 Å². The van der Waals surface area contributed by atoms with Crippen molar-refractivity contribution in [2.75, 3.05) is 0 Å². The molecule has 0 bridgehead atoms. The average Bonchev–Trinajstić information content (AvgIpc) is 1.63. The molecule has 0 fully saturated rings. The van der Waals surface area contributed by atoms with E-state index in [1.54, 1.807) is 6.21 Å². The standard InChI is InChI=1S/C5H11N3O/c1-4(2)3-7-8-5(6)9/h3-4H,1-2H3,(H3,6,8,9). The van der Waals surface area contributed by atoms with Gasteiger partial charge in [-0.15, -0.1) is 0 Å². The van der Waals surface area contributed by atoms with E-state index in [0.29, 0.717) is 5.92 Å². The largest absolute Gasteiger partial charge is 0.350 e. The molecule has 0 rings (SSSR count). The van der Waals surface area contributed by atoms with E-state index in [-0.39, 0.29) is 0 Å². The van der Waals surface area contributed by atoms with Crippen molar-refractivity contribution in [3.63, 3.8) is 0 Å². The Kier molecular flexibility index (Phi) is 3.43. The Morgan fingerprint density at radius 1 is 1.78 bits per heavy atom. The normalized spacial score (nSPS) is 10.6. The third kappa shape index (κ3) is 6.94. The van der Waals surface area contributed by atoms with Crippen molar-refractivity contribution in [3.05, 3.63) is 0 Å². The Balaban J connectivity index is 3.36. The van der Waals surface area contributed by atoms with Crippen LogP contribution in [0.3, 0.4) is 0 Å². The maximum atomic E-state index is 9.98. The number of hydrazone groups is 1. The molecular weight excluding hydrogens is 118 g/mol. The van der Waals surface area contributed by atoms with Gasteiger partial charge in [0.25, 0.3) is 0 Å². The van der Waals surface area contributed by atoms with Gasteiger partial charge >= 0.3 is 6.03 Å². The number of nitrogens with one attached hydrogen (secondary N) is 1. The number of urea groups is 1. The molecule has 0 aromatic carbocycles. The first-order chi connectivity index (χ1) is 4.13. The fourth-order valence-corrected chi connectivity index (χ4v) is 0.250. The summed E-state index contributed by atoms with van der Waals surface area (Å²) < 4.78 is 0. The maximum Gasteiger partial charge on any atom is 0.332 e. The van der Waals surface area contributed by atoms with Gasteiger partial charge in [0.15, 0.2) is 0 Å². The minimum Gasteiger partial charge on any atom is -0.350 e. The number of carbonyl (C=O) groups is 1. The molecule has 0 aliphatic carbocycles. The maximum absolute atomic E-state index is 9.98. The lowest BCUT2D eigenvalue weighted by Crippen LogP contribution is -2.24. The summed E-state index contributed by atoms with van der Waals surface area (Å²) >= 11 is 0. The molecule has 0 aliphatic rings. The average molecular weight is 129 g/mol. The first-order valence-corrected chi connectivity index (χ1v) is 2.71. The van der Waals surface area contributed by atoms with E-state index in [9.17, 15) is 4.79 Å². The number of amides is 2. The highest BCUT2D eigenvalue weighted by Gasteiger charge is 1.85. The smallest absolute Gasteiger partial charge is 0.332 e. The number of hydrogen-bond donors (Lipinski definition) is 2. The van der Waals surface area contributed by atoms with Crippen LogP contribution in [-0.2, 0) is 0 Å². The molecule has 0 unspecified atom stereocenters. The SMILES string of the molecule is CC(C)C=NNC(N)=O. The second-order valence-electron chi connectivity index (χ2n) is 2.00. The minimum absolute atomic E-state index is 0.330. The summed E-state index contributed by atoms with van der Waals surface area (Å²) in [6.07, 6.45) is 1.60. The lowest BCUT2D eigenvalue weighted by Gasteiger charge is -1.92. The number of carbonyl (C=O) groups excluding carboxylic acids is 1. The van der Waals surface area contributed by atoms with Crippen LogP contribution in [-0.4, -0.2) is 12.2 Å². The van der Waals surface area contributed by atoms with Crippen LogP contribution in [0, 0.1) is 5.92 Å². The van der Waals surface area contributed by atoms with E-state index in [1.807, 2.05) is 13.8 Å². The van der Waals surface area contributed by atoms with Gasteiger partial charge in [-0.1, -0.05) is 13.8 Å². The summed E-state index contributed by atoms with van der Waals surface area (Å²) in [4.78, 5) is 9.98. The molecule has 0 aromatic heterocycles. The van der Waals surface area contributed by atoms with Crippen molar-refractivity contribution in [1.82, 2.24) is 5.43 Å². The number of hydrogen-bond acceptors (Lipinski definition) is 2. The summed E-state index contributed by atoms with van der Waals surface area (Å²) in [5, 5.41) is 3.52. The monoisotopic (exact) mass is 129 g/mol. The molecule has 0 aliphatic heterocycles. The number of nitrogens with two attached hydrogens (primary N) is 1. The predicted molar refractivity (Wildman–Crippen MR) is 36.0 cm³/mol. The topological polar surface area (TPSA) is 67.5 Å². The first kappa shape index (κ1) is 7.94. The van der Waals surface area contributed by atoms with Gasteiger partial charge in [0.1, 0.15) is 0 Å². The van der Waals surface area contributed by atoms with Gasteiger partial charge in [-0.25, -0.2) is 10.2 Å². The highest BCUT2D eigenvalue weighted by atomic mass is 16.2. The Morgan fingerprint density at radius 3 is 2.67 bits per heavy atom. The Bertz CT molecular complexity index is 119. The molecule has 0 radical (unpaired) electrons. The molecule has 2 amide bonds. The van der Waals surface area contributed by atoms with Gasteiger partial charge in [-0.3, -0.25) is 0 Å². The van der Waals surface area contributed by atoms with Crippen molar-refractivity contribution in [1.29, 1.82) is 0 Å². The fourth-order valence-electron chi connectivity index (χ4n) is 0.250. The zero-order valence-electron chi connectivity index (χ0n) is 5.59. The summed E-state index contributed by atoms with van der Waals surface area (Å²) in [6, 6.07) is -0.632. The number of primary amides is 1. The van der Waals surface area contributed by atoms with E-state index in [1.165, 1.54) is 0 Å². The van der Waals surface area contributed by atoms with E-state index >= 15 is 0 Å². The predicted octanol–water partition coefficient (Wildman–Crippen LogP) is 0.297. The van der Waals surface area contributed by atoms with Gasteiger partial charge in [-0.2, -0.15) is 5.10 Å². The molecule has 0 heterocycles. The van der Waals surface area contributed by atoms with Crippen LogP contribution in [0.15, 0.2) is 5.10 Å². The van der Waals surface area contributed by atoms with Crippen LogP contribution in [0.4, 0.5) is 4.79 Å². The third-order valence-corrected chi connectivity index (χ3v) is 0.547. The van der Waals surface area contributed by atoms with Crippen LogP contribution in [0.1, 0.15) is 13.8 Å². The van der Waals surface area contributed by atoms with Crippen LogP contribution < -0.4 is 11.2 Å². The molecule has 0 aromatic rings. The van der Waals surface area contributed by atoms with Gasteiger partial charge in [0, 0.05) is 6.21 Å². The minimum atomic E-state index is -0.632. The van der Waals surface area contributed by atoms with Crippen LogP contribution in [0.25, 0.3) is 0 Å². The van der Waals surface area contributed by atoms with Gasteiger partial charge in [0.05, 0.1) is 0 Å². The lowest BCUT2D eigenvalue weighted by atomic mass is 10.3. The molecule has 4 nitrogen and oxygen atoms in total. The first-order valence-electron chi connectivity index (χ1n) is 2.71. The second kappa shape index (κ2) is 3.88. The van der Waals surface area contributed by atoms with Gasteiger partial charge in [0.2, 0.25) is 0 Å². The molecule has 0 spiro atoms. The van der Waals surface area contributed by atoms with Gasteiger partial charge < -0.3 is 5.73 Å². The second-order valence-corrected chi connectivity index (χ2v) is 2.00. The highest BCUT2D eigenvalue weighted by Crippen LogP contribution is 1.82. The Morgan fingerprint density at radius 2 is 2.33 bits per heavy atom. The number of nitrogens with zero attached hydrogens (tertiary/aromatic N) is 1. The van der Waals surface area contributed by atoms with E-state index in [2.05, 4.69) is 10.5 Å². The summed E-state index contributed by atoms with van der Waals surface area (Å²) in [7, 11) is 0. The van der Waals surface area contributed by atoms with E-state index in [4.69, 9.17) is 5.73 Å². The van der Waals surface area contributed by atoms with Crippen LogP contribution >= 0.6 is 0 Å². The quantitative estimate of drug-likeness (QED) is 0.408. The molecule has 4 heteroatoms. The van der Waals surface area contributed by atoms with E-state index < -0.39 is 6.03 Å². The Labute approximate surface area is 54.1 Å². The van der Waals surface area contributed by atoms with E-state index in [0.717, 1.165) is 0 Å². The molecule has 9 heavy (non-hydrogen) atoms.